The van der Waals surface area contributed by atoms with E-state index in [1.807, 2.05) is 0 Å². The molecule has 0 unspecified atom stereocenters. The largest absolute Gasteiger partial charge is 0.408 e. The molecule has 0 N–H and O–H groups in total. The van der Waals surface area contributed by atoms with Crippen molar-refractivity contribution in [2.45, 2.75) is 29.7 Å². The highest BCUT2D eigenvalue weighted by atomic mass is 79.9. The Labute approximate surface area is 110 Å². The summed E-state index contributed by atoms with van der Waals surface area (Å²) in [6, 6.07) is 2.42. The third-order valence-corrected chi connectivity index (χ3v) is 5.61. The first kappa shape index (κ1) is 15.4. The average Bonchev–Trinajstić information content (AvgIpc) is 2.20. The Kier molecular flexibility index (Phi) is 3.84. The van der Waals surface area contributed by atoms with Crippen molar-refractivity contribution in [3.63, 3.8) is 0 Å². The predicted molar refractivity (Wildman–Crippen MR) is 61.4 cm³/mol. The van der Waals surface area contributed by atoms with Crippen LogP contribution in [-0.2, 0) is 9.84 Å². The summed E-state index contributed by atoms with van der Waals surface area (Å²) in [5.74, 6) is -0.751. The highest BCUT2D eigenvalue weighted by molar-refractivity contribution is 9.10. The molecule has 8 heteroatoms. The van der Waals surface area contributed by atoms with E-state index in [2.05, 4.69) is 15.9 Å². The van der Waals surface area contributed by atoms with Crippen LogP contribution in [0.5, 0.6) is 0 Å². The molecular weight excluding hydrogens is 340 g/mol. The molecule has 102 valence electrons. The van der Waals surface area contributed by atoms with Crippen LogP contribution in [0.1, 0.15) is 13.8 Å². The summed E-state index contributed by atoms with van der Waals surface area (Å²) in [4.78, 5) is -0.585. The second-order valence-corrected chi connectivity index (χ2v) is 7.44. The molecule has 1 rings (SSSR count). The first-order valence-corrected chi connectivity index (χ1v) is 6.95. The fourth-order valence-corrected chi connectivity index (χ4v) is 3.04. The van der Waals surface area contributed by atoms with Gasteiger partial charge in [0.2, 0.25) is 0 Å². The van der Waals surface area contributed by atoms with Crippen molar-refractivity contribution < 1.29 is 26.0 Å². The predicted octanol–water partition coefficient (Wildman–Crippen LogP) is 3.70. The van der Waals surface area contributed by atoms with Gasteiger partial charge in [0, 0.05) is 0 Å². The van der Waals surface area contributed by atoms with Crippen LogP contribution in [0.3, 0.4) is 0 Å². The smallest absolute Gasteiger partial charge is 0.223 e. The minimum Gasteiger partial charge on any atom is -0.223 e. The molecule has 2 nitrogen and oxygen atoms in total. The van der Waals surface area contributed by atoms with E-state index < -0.39 is 31.5 Å². The average molecular weight is 349 g/mol. The van der Waals surface area contributed by atoms with Crippen molar-refractivity contribution >= 4 is 25.8 Å². The zero-order valence-corrected chi connectivity index (χ0v) is 11.7. The number of hydrogen-bond acceptors (Lipinski definition) is 2. The second-order valence-electron chi connectivity index (χ2n) is 4.09. The maximum Gasteiger partial charge on any atom is 0.408 e. The van der Waals surface area contributed by atoms with Gasteiger partial charge in [-0.1, -0.05) is 0 Å². The Bertz CT molecular complexity index is 564. The zero-order valence-electron chi connectivity index (χ0n) is 9.35. The number of sulfone groups is 1. The Morgan fingerprint density at radius 1 is 1.17 bits per heavy atom. The molecule has 0 radical (unpaired) electrons. The molecular formula is C10H9BrF4O2S. The minimum atomic E-state index is -4.92. The Morgan fingerprint density at radius 3 is 2.06 bits per heavy atom. The minimum absolute atomic E-state index is 0.207. The fraction of sp³-hybridized carbons (Fsp3) is 0.400. The Morgan fingerprint density at radius 2 is 1.67 bits per heavy atom. The van der Waals surface area contributed by atoms with Crippen LogP contribution < -0.4 is 0 Å². The quantitative estimate of drug-likeness (QED) is 0.603. The summed E-state index contributed by atoms with van der Waals surface area (Å²) in [5, 5.41) is 0. The van der Waals surface area contributed by atoms with Gasteiger partial charge in [-0.3, -0.25) is 0 Å². The molecule has 0 aliphatic heterocycles. The van der Waals surface area contributed by atoms with Gasteiger partial charge in [0.15, 0.2) is 14.6 Å². The molecule has 0 saturated carbocycles. The molecule has 18 heavy (non-hydrogen) atoms. The van der Waals surface area contributed by atoms with Crippen molar-refractivity contribution in [2.24, 2.45) is 0 Å². The van der Waals surface area contributed by atoms with Crippen LogP contribution in [0.2, 0.25) is 0 Å². The van der Waals surface area contributed by atoms with E-state index in [1.165, 1.54) is 0 Å². The van der Waals surface area contributed by atoms with Crippen molar-refractivity contribution in [3.05, 3.63) is 28.5 Å². The van der Waals surface area contributed by atoms with Crippen LogP contribution in [-0.4, -0.2) is 19.3 Å². The number of hydrogen-bond donors (Lipinski definition) is 0. The third kappa shape index (κ3) is 2.40. The lowest BCUT2D eigenvalue weighted by molar-refractivity contribution is -0.153. The lowest BCUT2D eigenvalue weighted by Crippen LogP contribution is -2.46. The monoisotopic (exact) mass is 348 g/mol. The highest BCUT2D eigenvalue weighted by Crippen LogP contribution is 2.40. The lowest BCUT2D eigenvalue weighted by Gasteiger charge is -2.27. The maximum atomic E-state index is 13.0. The van der Waals surface area contributed by atoms with Crippen LogP contribution in [0.4, 0.5) is 17.6 Å². The summed E-state index contributed by atoms with van der Waals surface area (Å²) in [6.07, 6.45) is -4.92. The van der Waals surface area contributed by atoms with E-state index in [0.717, 1.165) is 18.2 Å². The summed E-state index contributed by atoms with van der Waals surface area (Å²) < 4.78 is 71.8. The molecule has 0 fully saturated rings. The summed E-state index contributed by atoms with van der Waals surface area (Å²) in [7, 11) is -4.66. The molecule has 0 aliphatic rings. The molecule has 0 heterocycles. The van der Waals surface area contributed by atoms with E-state index in [-0.39, 0.29) is 4.47 Å². The van der Waals surface area contributed by atoms with Gasteiger partial charge in [0.05, 0.1) is 9.37 Å². The molecule has 0 bridgehead atoms. The number of halogens is 5. The van der Waals surface area contributed by atoms with Gasteiger partial charge in [-0.15, -0.1) is 0 Å². The van der Waals surface area contributed by atoms with Crippen LogP contribution in [0.25, 0.3) is 0 Å². The number of alkyl halides is 3. The van der Waals surface area contributed by atoms with E-state index >= 15 is 0 Å². The topological polar surface area (TPSA) is 34.1 Å². The van der Waals surface area contributed by atoms with Crippen molar-refractivity contribution in [2.75, 3.05) is 0 Å². The van der Waals surface area contributed by atoms with Crippen LogP contribution in [0.15, 0.2) is 27.6 Å². The molecule has 0 saturated heterocycles. The van der Waals surface area contributed by atoms with Crippen molar-refractivity contribution in [1.82, 2.24) is 0 Å². The Hall–Kier alpha value is -0.630. The first-order chi connectivity index (χ1) is 7.91. The number of rotatable bonds is 2. The van der Waals surface area contributed by atoms with Gasteiger partial charge in [0.1, 0.15) is 5.82 Å². The van der Waals surface area contributed by atoms with Gasteiger partial charge >= 0.3 is 6.18 Å². The molecule has 0 aromatic heterocycles. The second kappa shape index (κ2) is 4.48. The summed E-state index contributed by atoms with van der Waals surface area (Å²) in [5.41, 5.74) is 0. The SMILES string of the molecule is CC(C)(C(F)(F)F)S(=O)(=O)c1ccc(F)c(Br)c1. The zero-order chi connectivity index (χ0) is 14.4. The molecule has 0 spiro atoms. The van der Waals surface area contributed by atoms with Gasteiger partial charge in [-0.05, 0) is 48.0 Å². The molecule has 1 aromatic rings. The lowest BCUT2D eigenvalue weighted by atomic mass is 10.2. The highest BCUT2D eigenvalue weighted by Gasteiger charge is 2.57. The van der Waals surface area contributed by atoms with E-state index in [1.54, 1.807) is 0 Å². The van der Waals surface area contributed by atoms with E-state index in [9.17, 15) is 26.0 Å². The molecule has 1 aromatic carbocycles. The van der Waals surface area contributed by atoms with Crippen molar-refractivity contribution in [3.8, 4) is 0 Å². The fourth-order valence-electron chi connectivity index (χ4n) is 1.09. The van der Waals surface area contributed by atoms with E-state index in [4.69, 9.17) is 0 Å². The van der Waals surface area contributed by atoms with Gasteiger partial charge < -0.3 is 0 Å². The van der Waals surface area contributed by atoms with E-state index in [0.29, 0.717) is 13.8 Å². The van der Waals surface area contributed by atoms with Gasteiger partial charge in [0.25, 0.3) is 0 Å². The summed E-state index contributed by atoms with van der Waals surface area (Å²) >= 11 is 2.74. The normalized spacial score (nSPS) is 13.7. The molecule has 0 amide bonds. The first-order valence-electron chi connectivity index (χ1n) is 4.67. The maximum absolute atomic E-state index is 13.0. The standard InChI is InChI=1S/C10H9BrF4O2S/c1-9(2,10(13,14)15)18(16,17)6-3-4-8(12)7(11)5-6/h3-5H,1-2H3. The Balaban J connectivity index is 3.43. The molecule has 0 atom stereocenters. The van der Waals surface area contributed by atoms with Crippen LogP contribution in [0, 0.1) is 5.82 Å². The summed E-state index contributed by atoms with van der Waals surface area (Å²) in [6.45, 7) is 1.14. The van der Waals surface area contributed by atoms with Gasteiger partial charge in [-0.25, -0.2) is 12.8 Å². The van der Waals surface area contributed by atoms with Crippen LogP contribution >= 0.6 is 15.9 Å². The number of benzene rings is 1. The third-order valence-electron chi connectivity index (χ3n) is 2.56. The molecule has 0 aliphatic carbocycles. The van der Waals surface area contributed by atoms with Gasteiger partial charge in [-0.2, -0.15) is 13.2 Å². The van der Waals surface area contributed by atoms with Crippen molar-refractivity contribution in [1.29, 1.82) is 0 Å².